The third-order valence-corrected chi connectivity index (χ3v) is 3.91. The van der Waals surface area contributed by atoms with Crippen molar-refractivity contribution >= 4 is 39.8 Å². The van der Waals surface area contributed by atoms with E-state index in [1.165, 1.54) is 0 Å². The lowest BCUT2D eigenvalue weighted by Gasteiger charge is -2.06. The van der Waals surface area contributed by atoms with Gasteiger partial charge in [-0.1, -0.05) is 18.2 Å². The van der Waals surface area contributed by atoms with Crippen molar-refractivity contribution in [3.8, 4) is 11.6 Å². The van der Waals surface area contributed by atoms with E-state index < -0.39 is 0 Å². The van der Waals surface area contributed by atoms with Crippen molar-refractivity contribution in [3.63, 3.8) is 0 Å². The second kappa shape index (κ2) is 5.38. The number of hydrogen-bond donors (Lipinski definition) is 0. The summed E-state index contributed by atoms with van der Waals surface area (Å²) >= 11 is 8.25. The summed E-state index contributed by atoms with van der Waals surface area (Å²) in [6.45, 7) is 0. The smallest absolute Gasteiger partial charge is 0.242 e. The highest BCUT2D eigenvalue weighted by Crippen LogP contribution is 2.29. The van der Waals surface area contributed by atoms with Crippen LogP contribution in [-0.2, 0) is 5.88 Å². The molecule has 0 atom stereocenters. The summed E-state index contributed by atoms with van der Waals surface area (Å²) < 4.78 is 8.87. The Labute approximate surface area is 129 Å². The third kappa shape index (κ3) is 2.42. The van der Waals surface area contributed by atoms with Gasteiger partial charge in [-0.2, -0.15) is 4.98 Å². The zero-order valence-electron chi connectivity index (χ0n) is 9.88. The fourth-order valence-electron chi connectivity index (χ4n) is 1.86. The van der Waals surface area contributed by atoms with E-state index in [-0.39, 0.29) is 0 Å². The van der Waals surface area contributed by atoms with Crippen molar-refractivity contribution in [1.29, 1.82) is 0 Å². The summed E-state index contributed by atoms with van der Waals surface area (Å²) in [5.74, 6) is 1.70. The van der Waals surface area contributed by atoms with E-state index in [4.69, 9.17) is 16.3 Å². The molecular formula is C14H10ClIN2O. The lowest BCUT2D eigenvalue weighted by atomic mass is 10.3. The Kier molecular flexibility index (Phi) is 3.61. The van der Waals surface area contributed by atoms with Crippen LogP contribution in [0.5, 0.6) is 11.6 Å². The highest BCUT2D eigenvalue weighted by Gasteiger charge is 2.13. The van der Waals surface area contributed by atoms with Gasteiger partial charge in [0.25, 0.3) is 0 Å². The average Bonchev–Trinajstić information content (AvgIpc) is 2.78. The van der Waals surface area contributed by atoms with Crippen molar-refractivity contribution in [2.24, 2.45) is 0 Å². The largest absolute Gasteiger partial charge is 0.436 e. The molecule has 0 aliphatic rings. The van der Waals surface area contributed by atoms with Crippen molar-refractivity contribution in [2.75, 3.05) is 0 Å². The Morgan fingerprint density at radius 1 is 1.16 bits per heavy atom. The van der Waals surface area contributed by atoms with E-state index in [2.05, 4.69) is 27.6 Å². The minimum absolute atomic E-state index is 0.351. The van der Waals surface area contributed by atoms with Crippen LogP contribution in [0.2, 0.25) is 0 Å². The molecule has 0 spiro atoms. The molecule has 96 valence electrons. The SMILES string of the molecule is ClCc1c(Oc2ccccc2I)nc2ccccn12. The number of halogens is 2. The van der Waals surface area contributed by atoms with E-state index in [9.17, 15) is 0 Å². The molecule has 3 rings (SSSR count). The van der Waals surface area contributed by atoms with E-state index in [0.717, 1.165) is 20.7 Å². The maximum Gasteiger partial charge on any atom is 0.242 e. The summed E-state index contributed by atoms with van der Waals surface area (Å²) in [6, 6.07) is 13.6. The molecule has 0 amide bonds. The number of hydrogen-bond acceptors (Lipinski definition) is 2. The zero-order chi connectivity index (χ0) is 13.2. The summed E-state index contributed by atoms with van der Waals surface area (Å²) in [4.78, 5) is 4.47. The lowest BCUT2D eigenvalue weighted by Crippen LogP contribution is -1.93. The van der Waals surface area contributed by atoms with Gasteiger partial charge in [-0.3, -0.25) is 4.40 Å². The van der Waals surface area contributed by atoms with Crippen LogP contribution in [0.1, 0.15) is 5.69 Å². The Balaban J connectivity index is 2.08. The highest BCUT2D eigenvalue weighted by molar-refractivity contribution is 14.1. The molecule has 0 saturated carbocycles. The van der Waals surface area contributed by atoms with Gasteiger partial charge in [-0.15, -0.1) is 11.6 Å². The molecule has 5 heteroatoms. The third-order valence-electron chi connectivity index (χ3n) is 2.76. The van der Waals surface area contributed by atoms with Crippen LogP contribution in [0.4, 0.5) is 0 Å². The van der Waals surface area contributed by atoms with Gasteiger partial charge in [-0.05, 0) is 46.9 Å². The van der Waals surface area contributed by atoms with Crippen LogP contribution in [0, 0.1) is 3.57 Å². The Bertz CT molecular complexity index is 726. The first-order valence-electron chi connectivity index (χ1n) is 5.74. The van der Waals surface area contributed by atoms with E-state index in [1.807, 2.05) is 53.1 Å². The minimum atomic E-state index is 0.351. The zero-order valence-corrected chi connectivity index (χ0v) is 12.8. The number of benzene rings is 1. The van der Waals surface area contributed by atoms with Crippen LogP contribution in [0.15, 0.2) is 48.7 Å². The van der Waals surface area contributed by atoms with E-state index >= 15 is 0 Å². The first-order chi connectivity index (χ1) is 9.29. The van der Waals surface area contributed by atoms with Crippen molar-refractivity contribution < 1.29 is 4.74 Å². The molecule has 2 aromatic heterocycles. The molecule has 0 fully saturated rings. The molecule has 0 radical (unpaired) electrons. The van der Waals surface area contributed by atoms with E-state index in [0.29, 0.717) is 11.8 Å². The molecule has 2 heterocycles. The predicted molar refractivity (Wildman–Crippen MR) is 84.0 cm³/mol. The molecule has 0 bridgehead atoms. The van der Waals surface area contributed by atoms with Crippen molar-refractivity contribution in [2.45, 2.75) is 5.88 Å². The van der Waals surface area contributed by atoms with Gasteiger partial charge in [0.15, 0.2) is 0 Å². The molecule has 0 saturated heterocycles. The Morgan fingerprint density at radius 3 is 2.74 bits per heavy atom. The highest BCUT2D eigenvalue weighted by atomic mass is 127. The number of para-hydroxylation sites is 1. The summed E-state index contributed by atoms with van der Waals surface area (Å²) in [7, 11) is 0. The van der Waals surface area contributed by atoms with Crippen molar-refractivity contribution in [1.82, 2.24) is 9.38 Å². The van der Waals surface area contributed by atoms with Crippen molar-refractivity contribution in [3.05, 3.63) is 57.9 Å². The van der Waals surface area contributed by atoms with Crippen LogP contribution >= 0.6 is 34.2 Å². The number of nitrogens with zero attached hydrogens (tertiary/aromatic N) is 2. The molecule has 0 unspecified atom stereocenters. The maximum absolute atomic E-state index is 6.02. The number of fused-ring (bicyclic) bond motifs is 1. The molecule has 0 N–H and O–H groups in total. The van der Waals surface area contributed by atoms with Gasteiger partial charge in [-0.25, -0.2) is 0 Å². The summed E-state index contributed by atoms with van der Waals surface area (Å²) in [5, 5.41) is 0. The van der Waals surface area contributed by atoms with Crippen LogP contribution in [-0.4, -0.2) is 9.38 Å². The number of rotatable bonds is 3. The standard InChI is InChI=1S/C14H10ClIN2O/c15-9-11-14(17-13-7-3-4-8-18(11)13)19-12-6-2-1-5-10(12)16/h1-8H,9H2. The fourth-order valence-corrected chi connectivity index (χ4v) is 2.60. The number of imidazole rings is 1. The van der Waals surface area contributed by atoms with Gasteiger partial charge in [0, 0.05) is 6.20 Å². The monoisotopic (exact) mass is 384 g/mol. The van der Waals surface area contributed by atoms with Gasteiger partial charge in [0.1, 0.15) is 17.1 Å². The molecule has 19 heavy (non-hydrogen) atoms. The number of aromatic nitrogens is 2. The normalized spacial score (nSPS) is 10.8. The first kappa shape index (κ1) is 12.7. The number of ether oxygens (including phenoxy) is 1. The predicted octanol–water partition coefficient (Wildman–Crippen LogP) is 4.47. The summed E-state index contributed by atoms with van der Waals surface area (Å²) in [6.07, 6.45) is 1.93. The average molecular weight is 385 g/mol. The molecule has 3 nitrogen and oxygen atoms in total. The Morgan fingerprint density at radius 2 is 1.95 bits per heavy atom. The minimum Gasteiger partial charge on any atom is -0.436 e. The Hall–Kier alpha value is -1.27. The number of alkyl halides is 1. The van der Waals surface area contributed by atoms with Crippen LogP contribution < -0.4 is 4.74 Å². The number of pyridine rings is 1. The van der Waals surface area contributed by atoms with Gasteiger partial charge >= 0.3 is 0 Å². The second-order valence-electron chi connectivity index (χ2n) is 3.96. The molecular weight excluding hydrogens is 375 g/mol. The van der Waals surface area contributed by atoms with Crippen LogP contribution in [0.3, 0.4) is 0 Å². The second-order valence-corrected chi connectivity index (χ2v) is 5.39. The fraction of sp³-hybridized carbons (Fsp3) is 0.0714. The molecule has 0 aliphatic heterocycles. The molecule has 3 aromatic rings. The molecule has 0 aliphatic carbocycles. The molecule has 1 aromatic carbocycles. The summed E-state index contributed by atoms with van der Waals surface area (Å²) in [5.41, 5.74) is 1.69. The maximum atomic E-state index is 6.02. The van der Waals surface area contributed by atoms with E-state index in [1.54, 1.807) is 0 Å². The van der Waals surface area contributed by atoms with Gasteiger partial charge in [0.2, 0.25) is 5.88 Å². The first-order valence-corrected chi connectivity index (χ1v) is 7.35. The van der Waals surface area contributed by atoms with Gasteiger partial charge in [0.05, 0.1) is 9.45 Å². The topological polar surface area (TPSA) is 26.5 Å². The van der Waals surface area contributed by atoms with Crippen LogP contribution in [0.25, 0.3) is 5.65 Å². The quantitative estimate of drug-likeness (QED) is 0.492. The van der Waals surface area contributed by atoms with Gasteiger partial charge < -0.3 is 4.74 Å². The lowest BCUT2D eigenvalue weighted by molar-refractivity contribution is 0.458.